The summed E-state index contributed by atoms with van der Waals surface area (Å²) >= 11 is 0. The lowest BCUT2D eigenvalue weighted by Crippen LogP contribution is -2.61. The Hall–Kier alpha value is -13.8. The summed E-state index contributed by atoms with van der Waals surface area (Å²) in [6.45, 7) is 5.59. The first-order valence-electron chi connectivity index (χ1n) is 40.2. The maximum Gasteiger partial charge on any atom is 0.326 e. The van der Waals surface area contributed by atoms with Crippen molar-refractivity contribution in [1.29, 1.82) is 5.41 Å². The Kier molecular flexibility index (Phi) is 46.7. The zero-order valence-electron chi connectivity index (χ0n) is 70.1. The summed E-state index contributed by atoms with van der Waals surface area (Å²) in [7, 11) is 0. The topological polar surface area (TPSA) is 800 Å². The lowest BCUT2D eigenvalue weighted by atomic mass is 10.0. The Bertz CT molecular complexity index is 4240. The summed E-state index contributed by atoms with van der Waals surface area (Å²) in [5, 5.41) is 101. The molecule has 126 heavy (non-hydrogen) atoms. The highest BCUT2D eigenvalue weighted by Crippen LogP contribution is 2.15. The largest absolute Gasteiger partial charge is 0.481 e. The number of unbranched alkanes of at least 4 members (excludes halogenated alkanes) is 1. The molecule has 0 aliphatic rings. The van der Waals surface area contributed by atoms with E-state index >= 15 is 0 Å². The molecule has 1 aromatic heterocycles. The fraction of sp³-hybridized carbons (Fsp3) is 0.538. The van der Waals surface area contributed by atoms with E-state index in [2.05, 4.69) is 89.7 Å². The number of nitrogens with two attached hydrogens (primary N) is 4. The third-order valence-electron chi connectivity index (χ3n) is 18.8. The number of rotatable bonds is 60. The molecule has 3 rings (SSSR count). The van der Waals surface area contributed by atoms with Crippen LogP contribution in [0, 0.1) is 17.2 Å². The molecule has 0 radical (unpaired) electrons. The lowest BCUT2D eigenvalue weighted by Gasteiger charge is -2.28. The minimum Gasteiger partial charge on any atom is -0.481 e. The Balaban J connectivity index is 1.95. The number of hydrogen-bond donors (Lipinski definition) is 27. The summed E-state index contributed by atoms with van der Waals surface area (Å²) in [5.74, 6) is -26.2. The van der Waals surface area contributed by atoms with Crippen LogP contribution in [0.15, 0.2) is 73.2 Å². The van der Waals surface area contributed by atoms with Crippen molar-refractivity contribution in [2.75, 3.05) is 26.2 Å². The molecule has 0 unspecified atom stereocenters. The van der Waals surface area contributed by atoms with Crippen LogP contribution < -0.4 is 103 Å². The van der Waals surface area contributed by atoms with Gasteiger partial charge >= 0.3 is 29.8 Å². The quantitative estimate of drug-likeness (QED) is 0.0142. The number of aliphatic carboxylic acids is 5. The van der Waals surface area contributed by atoms with Crippen LogP contribution in [0.5, 0.6) is 0 Å². The minimum atomic E-state index is -2.05. The highest BCUT2D eigenvalue weighted by molar-refractivity contribution is 6.01. The molecular formula is C78H116N22O26. The number of carboxylic acids is 5. The van der Waals surface area contributed by atoms with E-state index in [1.54, 1.807) is 74.5 Å². The molecule has 14 atom stereocenters. The van der Waals surface area contributed by atoms with Gasteiger partial charge in [-0.25, -0.2) is 9.78 Å². The number of nitrogens with zero attached hydrogens (tertiary/aromatic N) is 1. The molecule has 1 heterocycles. The first-order chi connectivity index (χ1) is 59.4. The van der Waals surface area contributed by atoms with E-state index in [1.807, 2.05) is 0 Å². The van der Waals surface area contributed by atoms with Crippen molar-refractivity contribution in [2.45, 2.75) is 228 Å². The van der Waals surface area contributed by atoms with Crippen LogP contribution in [0.25, 0.3) is 0 Å². The summed E-state index contributed by atoms with van der Waals surface area (Å²) in [6.07, 6.45) is -5.09. The summed E-state index contributed by atoms with van der Waals surface area (Å²) in [4.78, 5) is 275. The normalized spacial score (nSPS) is 14.3. The average Bonchev–Trinajstić information content (AvgIpc) is 0.994. The molecule has 0 saturated carbocycles. The van der Waals surface area contributed by atoms with Crippen LogP contribution in [0.3, 0.4) is 0 Å². The van der Waals surface area contributed by atoms with Crippen molar-refractivity contribution in [3.05, 3.63) is 90.0 Å². The second kappa shape index (κ2) is 55.3. The fourth-order valence-corrected chi connectivity index (χ4v) is 12.1. The Morgan fingerprint density at radius 3 is 1.26 bits per heavy atom. The highest BCUT2D eigenvalue weighted by atomic mass is 16.4. The standard InChI is InChI=1S/C78H116N22O26/c1-39(2)29-51(66(114)86-36-58(103)89-48(21-24-59(104)105)69(117)93-49(22-25-60(106)107)70(118)97-54(33-57(81)102)74(122)99-56(77(125)126)31-43-17-10-7-11-18-43)95-75(123)55(34-62(110)111)98-67(115)46(19-12-13-27-79)91-72(120)52(30-42-15-8-6-9-16-42)96-68(116)47(20-14-28-85-78(82)83)92-73(121)53(32-44-35-84-38-87-44)94-64(112)41(5)88-76(124)63(40(3)4)100-71(119)50(23-26-61(108)109)90-65(113)45(80)37-101/h6-11,15-18,35,38-41,45-56,63,101H,12-14,19-34,36-37,79-80H2,1-5H3,(H2,81,102)(H,84,87)(H,86,114)(H,88,124)(H,89,103)(H,90,113)(H,91,120)(H,92,121)(H,93,117)(H,94,112)(H,95,123)(H,96,116)(H,97,118)(H,98,115)(H,99,122)(H,100,119)(H,104,105)(H,106,107)(H,108,109)(H,110,111)(H,125,126)(H4,82,83,85)/t41-,45-,46-,47-,48-,49-,50-,51-,52-,53-,54-,55-,56-,63-/m0/s1. The third kappa shape index (κ3) is 40.9. The number of aliphatic hydroxyl groups excluding tert-OH is 1. The number of carbonyl (C=O) groups is 20. The number of amides is 15. The van der Waals surface area contributed by atoms with E-state index in [-0.39, 0.29) is 76.6 Å². The number of nitrogens with one attached hydrogen (secondary N) is 17. The van der Waals surface area contributed by atoms with Gasteiger partial charge in [0.05, 0.1) is 38.0 Å². The molecule has 0 spiro atoms. The van der Waals surface area contributed by atoms with Gasteiger partial charge in [0.25, 0.3) is 0 Å². The van der Waals surface area contributed by atoms with Gasteiger partial charge in [-0.05, 0) is 94.2 Å². The summed E-state index contributed by atoms with van der Waals surface area (Å²) in [6, 6.07) is -7.63. The summed E-state index contributed by atoms with van der Waals surface area (Å²) in [5.41, 5.74) is 23.4. The monoisotopic (exact) mass is 1780 g/mol. The van der Waals surface area contributed by atoms with Crippen LogP contribution >= 0.6 is 0 Å². The van der Waals surface area contributed by atoms with Crippen molar-refractivity contribution in [3.63, 3.8) is 0 Å². The van der Waals surface area contributed by atoms with E-state index in [0.29, 0.717) is 11.1 Å². The van der Waals surface area contributed by atoms with Gasteiger partial charge < -0.3 is 138 Å². The lowest BCUT2D eigenvalue weighted by molar-refractivity contribution is -0.142. The third-order valence-corrected chi connectivity index (χ3v) is 18.8. The molecule has 694 valence electrons. The van der Waals surface area contributed by atoms with Crippen molar-refractivity contribution < 1.29 is 127 Å². The van der Waals surface area contributed by atoms with Crippen molar-refractivity contribution >= 4 is 124 Å². The predicted molar refractivity (Wildman–Crippen MR) is 442 cm³/mol. The van der Waals surface area contributed by atoms with Crippen LogP contribution in [0.1, 0.15) is 141 Å². The number of H-pyrrole nitrogens is 1. The molecule has 3 aromatic rings. The second-order valence-electron chi connectivity index (χ2n) is 30.1. The van der Waals surface area contributed by atoms with Gasteiger partial charge in [-0.1, -0.05) is 88.4 Å². The summed E-state index contributed by atoms with van der Waals surface area (Å²) < 4.78 is 0. The minimum absolute atomic E-state index is 0.0127. The van der Waals surface area contributed by atoms with Crippen molar-refractivity contribution in [1.82, 2.24) is 89.7 Å². The van der Waals surface area contributed by atoms with E-state index in [4.69, 9.17) is 28.3 Å². The molecule has 0 aliphatic heterocycles. The van der Waals surface area contributed by atoms with Crippen LogP contribution in [0.2, 0.25) is 0 Å². The van der Waals surface area contributed by atoms with E-state index < -0.39 is 285 Å². The first kappa shape index (κ1) is 106. The zero-order chi connectivity index (χ0) is 94.4. The molecule has 31 N–H and O–H groups in total. The van der Waals surface area contributed by atoms with Crippen molar-refractivity contribution in [2.24, 2.45) is 34.8 Å². The highest BCUT2D eigenvalue weighted by Gasteiger charge is 2.39. The van der Waals surface area contributed by atoms with Crippen LogP contribution in [0.4, 0.5) is 0 Å². The Labute approximate surface area is 722 Å². The van der Waals surface area contributed by atoms with Crippen LogP contribution in [-0.2, 0) is 115 Å². The number of aromatic nitrogens is 2. The van der Waals surface area contributed by atoms with E-state index in [9.17, 15) is 127 Å². The molecular weight excluding hydrogens is 1660 g/mol. The first-order valence-corrected chi connectivity index (χ1v) is 40.2. The molecule has 0 fully saturated rings. The van der Waals surface area contributed by atoms with Crippen LogP contribution in [-0.4, -0.2) is 276 Å². The number of aliphatic hydroxyl groups is 1. The number of guanidine groups is 1. The van der Waals surface area contributed by atoms with E-state index in [0.717, 1.165) is 0 Å². The molecule has 48 heteroatoms. The van der Waals surface area contributed by atoms with Gasteiger partial charge in [-0.15, -0.1) is 0 Å². The van der Waals surface area contributed by atoms with Gasteiger partial charge in [0.15, 0.2) is 5.96 Å². The Morgan fingerprint density at radius 1 is 0.421 bits per heavy atom. The van der Waals surface area contributed by atoms with Crippen molar-refractivity contribution in [3.8, 4) is 0 Å². The van der Waals surface area contributed by atoms with E-state index in [1.165, 1.54) is 33.3 Å². The second-order valence-corrected chi connectivity index (χ2v) is 30.1. The molecule has 48 nitrogen and oxygen atoms in total. The molecule has 15 amide bonds. The molecule has 2 aromatic carbocycles. The van der Waals surface area contributed by atoms with Gasteiger partial charge in [-0.2, -0.15) is 0 Å². The maximum atomic E-state index is 14.9. The number of benzene rings is 2. The predicted octanol–water partition coefficient (Wildman–Crippen LogP) is -7.68. The maximum absolute atomic E-state index is 14.9. The smallest absolute Gasteiger partial charge is 0.326 e. The fourth-order valence-electron chi connectivity index (χ4n) is 12.1. The van der Waals surface area contributed by atoms with Gasteiger partial charge in [0, 0.05) is 51.3 Å². The zero-order valence-corrected chi connectivity index (χ0v) is 70.1. The number of carbonyl (C=O) groups excluding carboxylic acids is 15. The molecule has 0 aliphatic carbocycles. The van der Waals surface area contributed by atoms with Gasteiger partial charge in [0.2, 0.25) is 88.6 Å². The Morgan fingerprint density at radius 2 is 0.825 bits per heavy atom. The SMILES string of the molecule is CC(C)C[C@H](NC(=O)[C@H](CC(=O)O)NC(=O)[C@H](CCCCN)NC(=O)[C@H](Cc1ccccc1)NC(=O)[C@H](CCCNC(=N)N)NC(=O)[C@H](Cc1c[nH]cn1)NC(=O)[C@H](C)NC(=O)[C@@H](NC(=O)[C@H](CCC(=O)O)NC(=O)[C@@H](N)CO)C(C)C)C(=O)NCC(=O)N[C@@H](CCC(=O)O)C(=O)N[C@@H](CCC(=O)O)C(=O)N[C@@H](CC(N)=O)C(=O)N[C@@H](Cc1ccccc1)C(=O)O. The average molecular weight is 1780 g/mol. The van der Waals surface area contributed by atoms with Gasteiger partial charge in [-0.3, -0.25) is 96.5 Å². The number of hydrogen-bond acceptors (Lipinski definition) is 25. The van der Waals surface area contributed by atoms with Gasteiger partial charge in [0.1, 0.15) is 84.6 Å². The molecule has 0 saturated heterocycles. The molecule has 0 bridgehead atoms. The number of imidazole rings is 1. The number of aromatic amines is 1. The number of carboxylic acid groups (broad SMARTS) is 5. The number of primary amides is 1.